The fourth-order valence-corrected chi connectivity index (χ4v) is 3.76. The number of rotatable bonds is 8. The molecule has 2 atom stereocenters. The number of ether oxygens (including phenoxy) is 2. The van der Waals surface area contributed by atoms with E-state index in [0.29, 0.717) is 29.2 Å². The smallest absolute Gasteiger partial charge is 0.256 e. The summed E-state index contributed by atoms with van der Waals surface area (Å²) in [6, 6.07) is 3.65. The molecule has 1 heterocycles. The van der Waals surface area contributed by atoms with E-state index >= 15 is 0 Å². The molecule has 0 aromatic heterocycles. The molecule has 1 aliphatic heterocycles. The molecule has 164 valence electrons. The molecule has 7 nitrogen and oxygen atoms in total. The molecular formula is C21H34ClN3O4. The predicted molar refractivity (Wildman–Crippen MR) is 118 cm³/mol. The van der Waals surface area contributed by atoms with Crippen molar-refractivity contribution < 1.29 is 19.1 Å². The van der Waals surface area contributed by atoms with Crippen molar-refractivity contribution in [2.24, 2.45) is 0 Å². The predicted octanol–water partition coefficient (Wildman–Crippen LogP) is 3.47. The van der Waals surface area contributed by atoms with Gasteiger partial charge in [0.25, 0.3) is 5.91 Å². The third kappa shape index (κ3) is 6.24. The van der Waals surface area contributed by atoms with Crippen LogP contribution in [0.25, 0.3) is 0 Å². The van der Waals surface area contributed by atoms with Crippen LogP contribution in [-0.4, -0.2) is 56.6 Å². The summed E-state index contributed by atoms with van der Waals surface area (Å²) in [5.41, 5.74) is 0.891. The van der Waals surface area contributed by atoms with Crippen molar-refractivity contribution >= 4 is 29.9 Å². The van der Waals surface area contributed by atoms with Gasteiger partial charge in [-0.2, -0.15) is 0 Å². The standard InChI is InChI=1S/C21H33N3O4.ClH/c1-14-8-6-9-15(2)24(14)21(26)16-12-18(27-4)19(28-5)13-17(16)23-20(25)10-7-11-22-3;/h12-15,22H,6-11H2,1-5H3,(H,23,25);1H. The van der Waals surface area contributed by atoms with E-state index in [-0.39, 0.29) is 36.3 Å². The van der Waals surface area contributed by atoms with Gasteiger partial charge in [0.1, 0.15) is 0 Å². The topological polar surface area (TPSA) is 79.9 Å². The normalized spacial score (nSPS) is 18.6. The van der Waals surface area contributed by atoms with Crippen LogP contribution < -0.4 is 20.1 Å². The molecule has 2 amide bonds. The van der Waals surface area contributed by atoms with Crippen LogP contribution in [-0.2, 0) is 4.79 Å². The first-order valence-corrected chi connectivity index (χ1v) is 9.96. The van der Waals surface area contributed by atoms with E-state index in [1.54, 1.807) is 12.1 Å². The number of likely N-dealkylation sites (tertiary alicyclic amines) is 1. The average Bonchev–Trinajstić information content (AvgIpc) is 2.67. The molecule has 1 saturated heterocycles. The molecule has 0 radical (unpaired) electrons. The molecule has 8 heteroatoms. The van der Waals surface area contributed by atoms with Crippen LogP contribution in [0, 0.1) is 0 Å². The second-order valence-electron chi connectivity index (χ2n) is 7.35. The summed E-state index contributed by atoms with van der Waals surface area (Å²) in [6.07, 6.45) is 4.18. The molecule has 2 unspecified atom stereocenters. The number of methoxy groups -OCH3 is 2. The Morgan fingerprint density at radius 3 is 2.24 bits per heavy atom. The maximum absolute atomic E-state index is 13.4. The Balaban J connectivity index is 0.00000420. The van der Waals surface area contributed by atoms with Crippen LogP contribution >= 0.6 is 12.4 Å². The van der Waals surface area contributed by atoms with Gasteiger partial charge in [-0.1, -0.05) is 0 Å². The van der Waals surface area contributed by atoms with Gasteiger partial charge < -0.3 is 25.0 Å². The number of piperidine rings is 1. The lowest BCUT2D eigenvalue weighted by Crippen LogP contribution is -2.47. The van der Waals surface area contributed by atoms with Gasteiger partial charge in [0.15, 0.2) is 11.5 Å². The van der Waals surface area contributed by atoms with Gasteiger partial charge in [-0.25, -0.2) is 0 Å². The number of carbonyl (C=O) groups is 2. The van der Waals surface area contributed by atoms with Crippen molar-refractivity contribution in [2.45, 2.75) is 58.0 Å². The van der Waals surface area contributed by atoms with Crippen molar-refractivity contribution in [3.05, 3.63) is 17.7 Å². The van der Waals surface area contributed by atoms with Gasteiger partial charge in [0, 0.05) is 24.6 Å². The van der Waals surface area contributed by atoms with E-state index in [0.717, 1.165) is 32.2 Å². The van der Waals surface area contributed by atoms with Crippen LogP contribution in [0.5, 0.6) is 11.5 Å². The highest BCUT2D eigenvalue weighted by Crippen LogP contribution is 2.35. The zero-order valence-corrected chi connectivity index (χ0v) is 18.9. The minimum absolute atomic E-state index is 0. The third-order valence-electron chi connectivity index (χ3n) is 5.29. The minimum Gasteiger partial charge on any atom is -0.493 e. The number of halogens is 1. The summed E-state index contributed by atoms with van der Waals surface area (Å²) in [6.45, 7) is 4.91. The van der Waals surface area contributed by atoms with Gasteiger partial charge in [0.05, 0.1) is 25.5 Å². The van der Waals surface area contributed by atoms with Crippen LogP contribution in [0.15, 0.2) is 12.1 Å². The highest BCUT2D eigenvalue weighted by atomic mass is 35.5. The number of anilines is 1. The van der Waals surface area contributed by atoms with E-state index in [4.69, 9.17) is 9.47 Å². The number of hydrogen-bond donors (Lipinski definition) is 2. The number of nitrogens with one attached hydrogen (secondary N) is 2. The molecule has 0 spiro atoms. The Morgan fingerprint density at radius 2 is 1.69 bits per heavy atom. The van der Waals surface area contributed by atoms with Gasteiger partial charge in [-0.15, -0.1) is 12.4 Å². The summed E-state index contributed by atoms with van der Waals surface area (Å²) >= 11 is 0. The molecule has 1 aliphatic rings. The number of benzene rings is 1. The van der Waals surface area contributed by atoms with E-state index in [1.807, 2.05) is 11.9 Å². The Morgan fingerprint density at radius 1 is 1.10 bits per heavy atom. The van der Waals surface area contributed by atoms with E-state index < -0.39 is 0 Å². The maximum Gasteiger partial charge on any atom is 0.256 e. The van der Waals surface area contributed by atoms with E-state index in [2.05, 4.69) is 24.5 Å². The Labute approximate surface area is 179 Å². The van der Waals surface area contributed by atoms with Gasteiger partial charge in [-0.3, -0.25) is 9.59 Å². The first-order valence-electron chi connectivity index (χ1n) is 9.96. The highest BCUT2D eigenvalue weighted by Gasteiger charge is 2.32. The zero-order chi connectivity index (χ0) is 20.7. The van der Waals surface area contributed by atoms with Crippen LogP contribution in [0.3, 0.4) is 0 Å². The quantitative estimate of drug-likeness (QED) is 0.621. The largest absolute Gasteiger partial charge is 0.493 e. The van der Waals surface area contributed by atoms with Crippen molar-refractivity contribution in [1.82, 2.24) is 10.2 Å². The van der Waals surface area contributed by atoms with Crippen LogP contribution in [0.1, 0.15) is 56.3 Å². The Bertz CT molecular complexity index is 689. The van der Waals surface area contributed by atoms with Gasteiger partial charge >= 0.3 is 0 Å². The summed E-state index contributed by atoms with van der Waals surface area (Å²) < 4.78 is 10.8. The fourth-order valence-electron chi connectivity index (χ4n) is 3.76. The maximum atomic E-state index is 13.4. The van der Waals surface area contributed by atoms with E-state index in [1.165, 1.54) is 14.2 Å². The summed E-state index contributed by atoms with van der Waals surface area (Å²) in [5, 5.41) is 5.92. The van der Waals surface area contributed by atoms with Crippen LogP contribution in [0.4, 0.5) is 5.69 Å². The lowest BCUT2D eigenvalue weighted by Gasteiger charge is -2.39. The lowest BCUT2D eigenvalue weighted by molar-refractivity contribution is -0.116. The molecular weight excluding hydrogens is 394 g/mol. The SMILES string of the molecule is CNCCCC(=O)Nc1cc(OC)c(OC)cc1C(=O)N1C(C)CCCC1C.Cl. The number of amides is 2. The van der Waals surface area contributed by atoms with Crippen molar-refractivity contribution in [3.63, 3.8) is 0 Å². The summed E-state index contributed by atoms with van der Waals surface area (Å²) in [4.78, 5) is 27.7. The molecule has 1 aromatic carbocycles. The van der Waals surface area contributed by atoms with Crippen LogP contribution in [0.2, 0.25) is 0 Å². The molecule has 2 N–H and O–H groups in total. The molecule has 2 rings (SSSR count). The molecule has 29 heavy (non-hydrogen) atoms. The summed E-state index contributed by atoms with van der Waals surface area (Å²) in [7, 11) is 4.92. The fraction of sp³-hybridized carbons (Fsp3) is 0.619. The minimum atomic E-state index is -0.128. The third-order valence-corrected chi connectivity index (χ3v) is 5.29. The lowest BCUT2D eigenvalue weighted by atomic mass is 9.96. The number of nitrogens with zero attached hydrogens (tertiary/aromatic N) is 1. The first-order chi connectivity index (χ1) is 13.4. The zero-order valence-electron chi connectivity index (χ0n) is 18.0. The Kier molecular flexibility index (Phi) is 10.3. The number of hydrogen-bond acceptors (Lipinski definition) is 5. The molecule has 0 saturated carbocycles. The first kappa shape index (κ1) is 25.0. The van der Waals surface area contributed by atoms with Crippen molar-refractivity contribution in [3.8, 4) is 11.5 Å². The van der Waals surface area contributed by atoms with Gasteiger partial charge in [-0.05, 0) is 59.2 Å². The molecule has 1 aromatic rings. The number of carbonyl (C=O) groups excluding carboxylic acids is 2. The monoisotopic (exact) mass is 427 g/mol. The second kappa shape index (κ2) is 11.9. The molecule has 0 bridgehead atoms. The van der Waals surface area contributed by atoms with Crippen molar-refractivity contribution in [2.75, 3.05) is 33.1 Å². The van der Waals surface area contributed by atoms with Gasteiger partial charge in [0.2, 0.25) is 5.91 Å². The molecule has 1 fully saturated rings. The summed E-state index contributed by atoms with van der Waals surface area (Å²) in [5.74, 6) is 0.725. The highest BCUT2D eigenvalue weighted by molar-refractivity contribution is 6.05. The Hall–Kier alpha value is -1.99. The second-order valence-corrected chi connectivity index (χ2v) is 7.35. The van der Waals surface area contributed by atoms with E-state index in [9.17, 15) is 9.59 Å². The van der Waals surface area contributed by atoms with Crippen molar-refractivity contribution in [1.29, 1.82) is 0 Å². The average molecular weight is 428 g/mol. The molecule has 0 aliphatic carbocycles.